The number of alkyl halides is 3. The van der Waals surface area contributed by atoms with Crippen molar-refractivity contribution in [1.29, 1.82) is 0 Å². The van der Waals surface area contributed by atoms with Gasteiger partial charge in [0.2, 0.25) is 0 Å². The van der Waals surface area contributed by atoms with E-state index in [0.717, 1.165) is 18.7 Å². The highest BCUT2D eigenvalue weighted by atomic mass is 19.4. The zero-order chi connectivity index (χ0) is 27.2. The summed E-state index contributed by atoms with van der Waals surface area (Å²) in [5.41, 5.74) is -0.286. The van der Waals surface area contributed by atoms with Crippen molar-refractivity contribution in [3.8, 4) is 0 Å². The number of rotatable bonds is 8. The van der Waals surface area contributed by atoms with E-state index in [2.05, 4.69) is 10.1 Å². The molecule has 3 atom stereocenters. The van der Waals surface area contributed by atoms with E-state index in [-0.39, 0.29) is 24.2 Å². The first kappa shape index (κ1) is 28.0. The second kappa shape index (κ2) is 12.1. The van der Waals surface area contributed by atoms with E-state index in [4.69, 9.17) is 4.74 Å². The van der Waals surface area contributed by atoms with Gasteiger partial charge in [0.1, 0.15) is 6.61 Å². The summed E-state index contributed by atoms with van der Waals surface area (Å²) in [4.78, 5) is 39.2. The largest absolute Gasteiger partial charge is 0.467 e. The zero-order valence-corrected chi connectivity index (χ0v) is 20.5. The average Bonchev–Trinajstić information content (AvgIpc) is 3.33. The fourth-order valence-corrected chi connectivity index (χ4v) is 4.21. The Kier molecular flexibility index (Phi) is 9.14. The van der Waals surface area contributed by atoms with Crippen LogP contribution in [0.4, 0.5) is 18.0 Å². The predicted molar refractivity (Wildman–Crippen MR) is 126 cm³/mol. The summed E-state index contributed by atoms with van der Waals surface area (Å²) in [5.74, 6) is -1.92. The molecule has 8 nitrogen and oxygen atoms in total. The lowest BCUT2D eigenvalue weighted by atomic mass is 9.95. The van der Waals surface area contributed by atoms with Crippen LogP contribution in [0.25, 0.3) is 0 Å². The lowest BCUT2D eigenvalue weighted by Crippen LogP contribution is -2.48. The molecule has 0 saturated carbocycles. The van der Waals surface area contributed by atoms with Crippen LogP contribution >= 0.6 is 0 Å². The molecule has 2 aromatic carbocycles. The van der Waals surface area contributed by atoms with Gasteiger partial charge in [0.05, 0.1) is 18.8 Å². The zero-order valence-electron chi connectivity index (χ0n) is 20.5. The number of ether oxygens (including phenoxy) is 2. The highest BCUT2D eigenvalue weighted by molar-refractivity contribution is 5.98. The average molecular weight is 523 g/mol. The van der Waals surface area contributed by atoms with Crippen LogP contribution in [0.3, 0.4) is 0 Å². The molecule has 2 aromatic rings. The van der Waals surface area contributed by atoms with Gasteiger partial charge < -0.3 is 24.8 Å². The molecular weight excluding hydrogens is 493 g/mol. The number of carbonyl (C=O) groups is 3. The van der Waals surface area contributed by atoms with Crippen molar-refractivity contribution in [1.82, 2.24) is 10.2 Å². The molecule has 0 bridgehead atoms. The summed E-state index contributed by atoms with van der Waals surface area (Å²) < 4.78 is 50.2. The van der Waals surface area contributed by atoms with Crippen molar-refractivity contribution < 1.29 is 42.1 Å². The Labute approximate surface area is 212 Å². The van der Waals surface area contributed by atoms with Crippen molar-refractivity contribution in [2.24, 2.45) is 0 Å². The van der Waals surface area contributed by atoms with Crippen molar-refractivity contribution in [3.05, 3.63) is 70.8 Å². The number of benzene rings is 2. The molecule has 37 heavy (non-hydrogen) atoms. The highest BCUT2D eigenvalue weighted by Gasteiger charge is 2.35. The van der Waals surface area contributed by atoms with E-state index in [1.54, 1.807) is 0 Å². The smallest absolute Gasteiger partial charge is 0.416 e. The fraction of sp³-hybridized carbons (Fsp3) is 0.423. The van der Waals surface area contributed by atoms with Gasteiger partial charge in [-0.3, -0.25) is 4.79 Å². The third kappa shape index (κ3) is 7.22. The van der Waals surface area contributed by atoms with Gasteiger partial charge in [0.15, 0.2) is 6.04 Å². The second-order valence-electron chi connectivity index (χ2n) is 8.82. The minimum Gasteiger partial charge on any atom is -0.467 e. The summed E-state index contributed by atoms with van der Waals surface area (Å²) >= 11 is 0. The molecular formula is C26H29F3N2O6. The van der Waals surface area contributed by atoms with Crippen molar-refractivity contribution in [2.45, 2.75) is 57.2 Å². The lowest BCUT2D eigenvalue weighted by molar-refractivity contribution is -0.145. The first-order valence-electron chi connectivity index (χ1n) is 11.8. The molecule has 11 heteroatoms. The summed E-state index contributed by atoms with van der Waals surface area (Å²) in [6, 6.07) is 10.00. The van der Waals surface area contributed by atoms with Crippen LogP contribution in [0.15, 0.2) is 48.5 Å². The van der Waals surface area contributed by atoms with Gasteiger partial charge in [0, 0.05) is 18.2 Å². The summed E-state index contributed by atoms with van der Waals surface area (Å²) in [6.07, 6.45) is -5.28. The Bertz CT molecular complexity index is 1110. The van der Waals surface area contributed by atoms with Crippen LogP contribution in [0, 0.1) is 0 Å². The van der Waals surface area contributed by atoms with Gasteiger partial charge in [-0.25, -0.2) is 9.59 Å². The molecule has 1 aliphatic rings. The Balaban J connectivity index is 1.82. The topological polar surface area (TPSA) is 105 Å². The summed E-state index contributed by atoms with van der Waals surface area (Å²) in [7, 11) is 1.06. The third-order valence-electron chi connectivity index (χ3n) is 6.18. The molecule has 0 spiro atoms. The minimum atomic E-state index is -4.71. The van der Waals surface area contributed by atoms with Crippen molar-refractivity contribution in [2.75, 3.05) is 13.7 Å². The van der Waals surface area contributed by atoms with Crippen molar-refractivity contribution >= 4 is 18.0 Å². The van der Waals surface area contributed by atoms with Gasteiger partial charge in [-0.05, 0) is 49.4 Å². The molecule has 2 N–H and O–H groups in total. The molecule has 1 unspecified atom stereocenters. The van der Waals surface area contributed by atoms with Crippen LogP contribution in [-0.4, -0.2) is 59.8 Å². The van der Waals surface area contributed by atoms with Crippen molar-refractivity contribution in [3.63, 3.8) is 0 Å². The number of amides is 2. The number of methoxy groups -OCH3 is 1. The maximum absolute atomic E-state index is 13.4. The van der Waals surface area contributed by atoms with Gasteiger partial charge in [-0.2, -0.15) is 13.2 Å². The van der Waals surface area contributed by atoms with E-state index < -0.39 is 47.9 Å². The molecule has 0 aliphatic carbocycles. The maximum atomic E-state index is 13.4. The minimum absolute atomic E-state index is 0.0745. The standard InChI is InChI=1S/C26H29F3N2O6/c1-16(32)22(24(34)36-2)30-23(33)21-14-19(26(27,28)29)11-10-18(21)13-20-9-6-12-31(20)25(35)37-15-17-7-4-3-5-8-17/h3-5,7-8,10-11,14,16,20,22,32H,6,9,12-13,15H2,1-2H3,(H,30,33)/t16-,20?,22+/m0/s1. The number of aliphatic hydroxyl groups is 1. The molecule has 1 aliphatic heterocycles. The molecule has 1 saturated heterocycles. The number of nitrogens with one attached hydrogen (secondary N) is 1. The molecule has 1 heterocycles. The Morgan fingerprint density at radius 3 is 2.49 bits per heavy atom. The van der Waals surface area contributed by atoms with E-state index in [0.29, 0.717) is 25.5 Å². The number of aliphatic hydroxyl groups excluding tert-OH is 1. The Hall–Kier alpha value is -3.60. The molecule has 0 radical (unpaired) electrons. The van der Waals surface area contributed by atoms with E-state index in [9.17, 15) is 32.7 Å². The molecule has 200 valence electrons. The first-order valence-corrected chi connectivity index (χ1v) is 11.8. The van der Waals surface area contributed by atoms with Crippen LogP contribution < -0.4 is 5.32 Å². The number of esters is 1. The quantitative estimate of drug-likeness (QED) is 0.513. The van der Waals surface area contributed by atoms with Gasteiger partial charge in [-0.15, -0.1) is 0 Å². The van der Waals surface area contributed by atoms with Gasteiger partial charge in [0.25, 0.3) is 5.91 Å². The summed E-state index contributed by atoms with van der Waals surface area (Å²) in [6.45, 7) is 1.73. The molecule has 0 aromatic heterocycles. The fourth-order valence-electron chi connectivity index (χ4n) is 4.21. The number of nitrogens with zero attached hydrogens (tertiary/aromatic N) is 1. The third-order valence-corrected chi connectivity index (χ3v) is 6.18. The van der Waals surface area contributed by atoms with Gasteiger partial charge in [-0.1, -0.05) is 36.4 Å². The number of hydrogen-bond donors (Lipinski definition) is 2. The Morgan fingerprint density at radius 1 is 1.16 bits per heavy atom. The second-order valence-corrected chi connectivity index (χ2v) is 8.82. The first-order chi connectivity index (χ1) is 17.5. The van der Waals surface area contributed by atoms with Crippen LogP contribution in [0.2, 0.25) is 0 Å². The van der Waals surface area contributed by atoms with E-state index in [1.165, 1.54) is 17.9 Å². The lowest BCUT2D eigenvalue weighted by Gasteiger charge is -2.26. The highest BCUT2D eigenvalue weighted by Crippen LogP contribution is 2.32. The Morgan fingerprint density at radius 2 is 1.86 bits per heavy atom. The predicted octanol–water partition coefficient (Wildman–Crippen LogP) is 3.70. The number of hydrogen-bond acceptors (Lipinski definition) is 6. The number of likely N-dealkylation sites (tertiary alicyclic amines) is 1. The maximum Gasteiger partial charge on any atom is 0.416 e. The molecule has 3 rings (SSSR count). The van der Waals surface area contributed by atoms with Gasteiger partial charge >= 0.3 is 18.2 Å². The van der Waals surface area contributed by atoms with Crippen LogP contribution in [0.1, 0.15) is 46.8 Å². The van der Waals surface area contributed by atoms with E-state index >= 15 is 0 Å². The van der Waals surface area contributed by atoms with E-state index in [1.807, 2.05) is 30.3 Å². The number of carbonyl (C=O) groups excluding carboxylic acids is 3. The number of halogens is 3. The summed E-state index contributed by atoms with van der Waals surface area (Å²) in [5, 5.41) is 12.1. The molecule has 2 amide bonds. The monoisotopic (exact) mass is 522 g/mol. The normalized spacial score (nSPS) is 17.1. The van der Waals surface area contributed by atoms with Crippen LogP contribution in [0.5, 0.6) is 0 Å². The van der Waals surface area contributed by atoms with Crippen LogP contribution in [-0.2, 0) is 33.5 Å². The SMILES string of the molecule is COC(=O)[C@H](NC(=O)c1cc(C(F)(F)F)ccc1CC1CCCN1C(=O)OCc1ccccc1)[C@H](C)O. The molecule has 1 fully saturated rings.